The van der Waals surface area contributed by atoms with Crippen molar-refractivity contribution in [2.45, 2.75) is 20.8 Å². The molecule has 0 saturated carbocycles. The fraction of sp³-hybridized carbons (Fsp3) is 0.278. The van der Waals surface area contributed by atoms with Gasteiger partial charge in [-0.05, 0) is 44.5 Å². The highest BCUT2D eigenvalue weighted by atomic mass is 32.1. The van der Waals surface area contributed by atoms with Crippen molar-refractivity contribution in [2.75, 3.05) is 18.5 Å². The van der Waals surface area contributed by atoms with Crippen LogP contribution in [-0.4, -0.2) is 25.1 Å². The van der Waals surface area contributed by atoms with E-state index in [9.17, 15) is 14.9 Å². The van der Waals surface area contributed by atoms with Crippen molar-refractivity contribution in [3.63, 3.8) is 0 Å². The molecule has 0 bridgehead atoms. The average molecular weight is 358 g/mol. The number of thiophene rings is 1. The normalized spacial score (nSPS) is 10.0. The molecule has 130 valence electrons. The quantitative estimate of drug-likeness (QED) is 0.794. The first-order valence-corrected chi connectivity index (χ1v) is 8.58. The van der Waals surface area contributed by atoms with Gasteiger partial charge >= 0.3 is 5.97 Å². The number of nitriles is 1. The van der Waals surface area contributed by atoms with Crippen LogP contribution in [0.3, 0.4) is 0 Å². The molecular formula is C18H18N2O4S. The lowest BCUT2D eigenvalue weighted by Gasteiger charge is -2.06. The summed E-state index contributed by atoms with van der Waals surface area (Å²) in [6, 6.07) is 8.78. The summed E-state index contributed by atoms with van der Waals surface area (Å²) in [6.07, 6.45) is 0. The van der Waals surface area contributed by atoms with E-state index in [-0.39, 0.29) is 18.1 Å². The van der Waals surface area contributed by atoms with Crippen molar-refractivity contribution in [1.29, 1.82) is 5.26 Å². The number of hydrogen-bond donors (Lipinski definition) is 1. The molecule has 1 N–H and O–H groups in total. The highest BCUT2D eigenvalue weighted by Gasteiger charge is 2.22. The predicted octanol–water partition coefficient (Wildman–Crippen LogP) is 3.76. The molecule has 2 rings (SSSR count). The van der Waals surface area contributed by atoms with E-state index in [2.05, 4.69) is 5.32 Å². The highest BCUT2D eigenvalue weighted by Crippen LogP contribution is 2.33. The van der Waals surface area contributed by atoms with Crippen LogP contribution in [0, 0.1) is 18.3 Å². The van der Waals surface area contributed by atoms with Gasteiger partial charge in [0.2, 0.25) is 0 Å². The first-order chi connectivity index (χ1) is 12.0. The van der Waals surface area contributed by atoms with Crippen molar-refractivity contribution in [3.05, 3.63) is 45.8 Å². The summed E-state index contributed by atoms with van der Waals surface area (Å²) in [5, 5.41) is 12.4. The van der Waals surface area contributed by atoms with Crippen molar-refractivity contribution < 1.29 is 19.1 Å². The Balaban J connectivity index is 2.29. The molecule has 0 fully saturated rings. The van der Waals surface area contributed by atoms with Gasteiger partial charge in [0.05, 0.1) is 18.8 Å². The van der Waals surface area contributed by atoms with Crippen LogP contribution in [0.25, 0.3) is 0 Å². The maximum atomic E-state index is 12.5. The largest absolute Gasteiger partial charge is 0.494 e. The maximum Gasteiger partial charge on any atom is 0.348 e. The Morgan fingerprint density at radius 2 is 2.04 bits per heavy atom. The van der Waals surface area contributed by atoms with E-state index in [1.165, 1.54) is 0 Å². The van der Waals surface area contributed by atoms with Gasteiger partial charge in [0, 0.05) is 5.56 Å². The second kappa shape index (κ2) is 8.31. The lowest BCUT2D eigenvalue weighted by atomic mass is 10.1. The lowest BCUT2D eigenvalue weighted by molar-refractivity contribution is 0.0531. The SMILES string of the molecule is CCOC(=O)c1sc(NC(=O)c2cccc(OCC)c2)c(C#N)c1C. The van der Waals surface area contributed by atoms with Gasteiger partial charge < -0.3 is 14.8 Å². The molecule has 0 aliphatic carbocycles. The Morgan fingerprint density at radius 1 is 1.28 bits per heavy atom. The Hall–Kier alpha value is -2.85. The van der Waals surface area contributed by atoms with Gasteiger partial charge in [-0.15, -0.1) is 11.3 Å². The van der Waals surface area contributed by atoms with E-state index < -0.39 is 5.97 Å². The molecule has 0 saturated heterocycles. The first-order valence-electron chi connectivity index (χ1n) is 7.76. The van der Waals surface area contributed by atoms with Gasteiger partial charge in [-0.1, -0.05) is 6.07 Å². The minimum atomic E-state index is -0.500. The number of esters is 1. The number of nitrogens with zero attached hydrogens (tertiary/aromatic N) is 1. The molecule has 0 radical (unpaired) electrons. The molecule has 25 heavy (non-hydrogen) atoms. The third kappa shape index (κ3) is 4.17. The maximum absolute atomic E-state index is 12.5. The Kier molecular flexibility index (Phi) is 6.14. The van der Waals surface area contributed by atoms with E-state index in [0.717, 1.165) is 11.3 Å². The molecule has 0 spiro atoms. The number of rotatable bonds is 6. The van der Waals surface area contributed by atoms with Crippen LogP contribution >= 0.6 is 11.3 Å². The topological polar surface area (TPSA) is 88.4 Å². The summed E-state index contributed by atoms with van der Waals surface area (Å²) < 4.78 is 10.4. The van der Waals surface area contributed by atoms with Crippen LogP contribution in [0.5, 0.6) is 5.75 Å². The second-order valence-corrected chi connectivity index (χ2v) is 6.03. The zero-order chi connectivity index (χ0) is 18.4. The number of amides is 1. The molecule has 0 aliphatic heterocycles. The highest BCUT2D eigenvalue weighted by molar-refractivity contribution is 7.18. The van der Waals surface area contributed by atoms with Crippen LogP contribution in [0.4, 0.5) is 5.00 Å². The zero-order valence-electron chi connectivity index (χ0n) is 14.2. The van der Waals surface area contributed by atoms with E-state index in [0.29, 0.717) is 33.4 Å². The molecule has 1 aromatic carbocycles. The summed E-state index contributed by atoms with van der Waals surface area (Å²) in [5.41, 5.74) is 1.17. The molecule has 0 unspecified atom stereocenters. The standard InChI is InChI=1S/C18H18N2O4S/c1-4-23-13-8-6-7-12(9-13)16(21)20-17-14(10-19)11(3)15(25-17)18(22)24-5-2/h6-9H,4-5H2,1-3H3,(H,20,21). The van der Waals surface area contributed by atoms with Crippen LogP contribution in [-0.2, 0) is 4.74 Å². The van der Waals surface area contributed by atoms with Crippen molar-refractivity contribution in [1.82, 2.24) is 0 Å². The Labute approximate surface area is 150 Å². The molecule has 6 nitrogen and oxygen atoms in total. The fourth-order valence-corrected chi connectivity index (χ4v) is 3.24. The van der Waals surface area contributed by atoms with Crippen LogP contribution in [0.1, 0.15) is 45.0 Å². The van der Waals surface area contributed by atoms with Gasteiger partial charge in [-0.3, -0.25) is 4.79 Å². The minimum Gasteiger partial charge on any atom is -0.494 e. The fourth-order valence-electron chi connectivity index (χ4n) is 2.20. The third-order valence-electron chi connectivity index (χ3n) is 3.35. The van der Waals surface area contributed by atoms with Gasteiger partial charge in [0.25, 0.3) is 5.91 Å². The number of anilines is 1. The molecule has 0 atom stereocenters. The van der Waals surface area contributed by atoms with E-state index in [4.69, 9.17) is 9.47 Å². The predicted molar refractivity (Wildman–Crippen MR) is 95.3 cm³/mol. The molecule has 0 aliphatic rings. The summed E-state index contributed by atoms with van der Waals surface area (Å²) in [6.45, 7) is 5.96. The number of hydrogen-bond acceptors (Lipinski definition) is 6. The zero-order valence-corrected chi connectivity index (χ0v) is 15.0. The molecule has 7 heteroatoms. The first kappa shape index (κ1) is 18.5. The van der Waals surface area contributed by atoms with Crippen molar-refractivity contribution in [2.24, 2.45) is 0 Å². The lowest BCUT2D eigenvalue weighted by Crippen LogP contribution is -2.11. The molecule has 2 aromatic rings. The average Bonchev–Trinajstić information content (AvgIpc) is 2.91. The van der Waals surface area contributed by atoms with E-state index >= 15 is 0 Å². The summed E-state index contributed by atoms with van der Waals surface area (Å²) in [5.74, 6) is -0.291. The monoisotopic (exact) mass is 358 g/mol. The number of carbonyl (C=O) groups is 2. The van der Waals surface area contributed by atoms with Crippen LogP contribution in [0.2, 0.25) is 0 Å². The number of carbonyl (C=O) groups excluding carboxylic acids is 2. The molecule has 1 heterocycles. The van der Waals surface area contributed by atoms with Crippen molar-refractivity contribution in [3.8, 4) is 11.8 Å². The van der Waals surface area contributed by atoms with Gasteiger partial charge in [0.1, 0.15) is 21.7 Å². The molecule has 1 amide bonds. The van der Waals surface area contributed by atoms with E-state index in [1.807, 2.05) is 13.0 Å². The van der Waals surface area contributed by atoms with Gasteiger partial charge in [-0.2, -0.15) is 5.26 Å². The Bertz CT molecular complexity index is 836. The Morgan fingerprint density at radius 3 is 2.68 bits per heavy atom. The second-order valence-electron chi connectivity index (χ2n) is 5.01. The number of nitrogens with one attached hydrogen (secondary N) is 1. The summed E-state index contributed by atoms with van der Waals surface area (Å²) >= 11 is 1.04. The smallest absolute Gasteiger partial charge is 0.348 e. The summed E-state index contributed by atoms with van der Waals surface area (Å²) in [7, 11) is 0. The van der Waals surface area contributed by atoms with E-state index in [1.54, 1.807) is 38.1 Å². The van der Waals surface area contributed by atoms with Gasteiger partial charge in [-0.25, -0.2) is 4.79 Å². The number of ether oxygens (including phenoxy) is 2. The van der Waals surface area contributed by atoms with Crippen molar-refractivity contribution >= 4 is 28.2 Å². The third-order valence-corrected chi connectivity index (χ3v) is 4.54. The van der Waals surface area contributed by atoms with Crippen LogP contribution < -0.4 is 10.1 Å². The summed E-state index contributed by atoms with van der Waals surface area (Å²) in [4.78, 5) is 24.8. The van der Waals surface area contributed by atoms with Gasteiger partial charge in [0.15, 0.2) is 0 Å². The van der Waals surface area contributed by atoms with Crippen LogP contribution in [0.15, 0.2) is 24.3 Å². The number of benzene rings is 1. The molecule has 1 aromatic heterocycles. The minimum absolute atomic E-state index is 0.240. The molecular weight excluding hydrogens is 340 g/mol.